The van der Waals surface area contributed by atoms with Gasteiger partial charge in [-0.15, -0.1) is 10.2 Å². The molecule has 4 heteroatoms. The second kappa shape index (κ2) is 6.39. The molecule has 0 amide bonds. The molecule has 0 spiro atoms. The molecule has 3 rings (SSSR count). The lowest BCUT2D eigenvalue weighted by molar-refractivity contribution is 0.454. The number of aromatic nitrogens is 3. The number of fused-ring (bicyclic) bond motifs is 1. The topological polar surface area (TPSA) is 42.7 Å². The van der Waals surface area contributed by atoms with Crippen molar-refractivity contribution in [1.82, 2.24) is 20.1 Å². The van der Waals surface area contributed by atoms with Crippen LogP contribution >= 0.6 is 0 Å². The first-order valence-corrected chi connectivity index (χ1v) is 7.92. The predicted molar refractivity (Wildman–Crippen MR) is 84.4 cm³/mol. The van der Waals surface area contributed by atoms with Crippen molar-refractivity contribution in [3.63, 3.8) is 0 Å². The highest BCUT2D eigenvalue weighted by Gasteiger charge is 2.17. The van der Waals surface area contributed by atoms with Crippen molar-refractivity contribution in [1.29, 1.82) is 0 Å². The molecule has 0 unspecified atom stereocenters. The van der Waals surface area contributed by atoms with E-state index in [1.165, 1.54) is 24.0 Å². The van der Waals surface area contributed by atoms with Crippen LogP contribution < -0.4 is 5.32 Å². The monoisotopic (exact) mass is 284 g/mol. The minimum absolute atomic E-state index is 0.427. The molecule has 1 aliphatic rings. The van der Waals surface area contributed by atoms with Gasteiger partial charge in [-0.05, 0) is 44.2 Å². The molecule has 0 bridgehead atoms. The first-order valence-electron chi connectivity index (χ1n) is 7.92. The summed E-state index contributed by atoms with van der Waals surface area (Å²) in [5, 5.41) is 11.9. The number of nitrogens with one attached hydrogen (secondary N) is 1. The van der Waals surface area contributed by atoms with Crippen LogP contribution in [-0.2, 0) is 19.3 Å². The molecule has 0 saturated carbocycles. The average molecular weight is 284 g/mol. The minimum Gasteiger partial charge on any atom is -0.315 e. The Kier molecular flexibility index (Phi) is 4.34. The SMILES string of the molecule is CC(C)n1cnnc1CCN[C@H]1CCc2ccccc2C1. The van der Waals surface area contributed by atoms with Crippen LogP contribution in [0.2, 0.25) is 0 Å². The zero-order valence-corrected chi connectivity index (χ0v) is 12.9. The molecule has 1 heterocycles. The van der Waals surface area contributed by atoms with Crippen molar-refractivity contribution >= 4 is 0 Å². The average Bonchev–Trinajstić information content (AvgIpc) is 2.96. The molecule has 1 aromatic heterocycles. The molecule has 2 aromatic rings. The van der Waals surface area contributed by atoms with Crippen LogP contribution in [0.4, 0.5) is 0 Å². The maximum atomic E-state index is 4.23. The molecule has 21 heavy (non-hydrogen) atoms. The summed E-state index contributed by atoms with van der Waals surface area (Å²) < 4.78 is 2.15. The smallest absolute Gasteiger partial charge is 0.134 e. The number of hydrogen-bond donors (Lipinski definition) is 1. The fourth-order valence-electron chi connectivity index (χ4n) is 3.14. The quantitative estimate of drug-likeness (QED) is 0.917. The molecule has 1 N–H and O–H groups in total. The van der Waals surface area contributed by atoms with Crippen molar-refractivity contribution in [2.24, 2.45) is 0 Å². The molecule has 4 nitrogen and oxygen atoms in total. The normalized spacial score (nSPS) is 18.0. The number of rotatable bonds is 5. The number of nitrogens with zero attached hydrogens (tertiary/aromatic N) is 3. The Morgan fingerprint density at radius 3 is 2.90 bits per heavy atom. The van der Waals surface area contributed by atoms with Gasteiger partial charge in [-0.25, -0.2) is 0 Å². The van der Waals surface area contributed by atoms with Crippen LogP contribution in [0, 0.1) is 0 Å². The Labute approximate surface area is 126 Å². The Morgan fingerprint density at radius 1 is 1.29 bits per heavy atom. The molecular formula is C17H24N4. The van der Waals surface area contributed by atoms with Crippen molar-refractivity contribution in [3.8, 4) is 0 Å². The second-order valence-corrected chi connectivity index (χ2v) is 6.16. The summed E-state index contributed by atoms with van der Waals surface area (Å²) in [4.78, 5) is 0. The van der Waals surface area contributed by atoms with Crippen LogP contribution in [-0.4, -0.2) is 27.4 Å². The fraction of sp³-hybridized carbons (Fsp3) is 0.529. The lowest BCUT2D eigenvalue weighted by Gasteiger charge is -2.25. The van der Waals surface area contributed by atoms with E-state index in [0.29, 0.717) is 12.1 Å². The molecule has 0 aliphatic heterocycles. The summed E-state index contributed by atoms with van der Waals surface area (Å²) in [5.41, 5.74) is 3.03. The molecule has 1 aromatic carbocycles. The van der Waals surface area contributed by atoms with Gasteiger partial charge in [-0.1, -0.05) is 24.3 Å². The number of aryl methyl sites for hydroxylation is 1. The fourth-order valence-corrected chi connectivity index (χ4v) is 3.14. The van der Waals surface area contributed by atoms with Crippen molar-refractivity contribution in [2.75, 3.05) is 6.54 Å². The van der Waals surface area contributed by atoms with Gasteiger partial charge >= 0.3 is 0 Å². The van der Waals surface area contributed by atoms with Crippen molar-refractivity contribution in [3.05, 3.63) is 47.5 Å². The van der Waals surface area contributed by atoms with Gasteiger partial charge in [0.25, 0.3) is 0 Å². The Hall–Kier alpha value is -1.68. The largest absolute Gasteiger partial charge is 0.315 e. The van der Waals surface area contributed by atoms with E-state index < -0.39 is 0 Å². The molecular weight excluding hydrogens is 260 g/mol. The van der Waals surface area contributed by atoms with E-state index in [0.717, 1.165) is 25.2 Å². The highest BCUT2D eigenvalue weighted by Crippen LogP contribution is 2.20. The van der Waals surface area contributed by atoms with Crippen LogP contribution in [0.3, 0.4) is 0 Å². The maximum Gasteiger partial charge on any atom is 0.134 e. The van der Waals surface area contributed by atoms with E-state index in [-0.39, 0.29) is 0 Å². The summed E-state index contributed by atoms with van der Waals surface area (Å²) in [6.45, 7) is 5.30. The third-order valence-electron chi connectivity index (χ3n) is 4.33. The van der Waals surface area contributed by atoms with Crippen LogP contribution in [0.25, 0.3) is 0 Å². The molecule has 1 aliphatic carbocycles. The highest BCUT2D eigenvalue weighted by molar-refractivity contribution is 5.30. The molecule has 0 saturated heterocycles. The van der Waals surface area contributed by atoms with Gasteiger partial charge in [0.2, 0.25) is 0 Å². The second-order valence-electron chi connectivity index (χ2n) is 6.16. The first kappa shape index (κ1) is 14.3. The summed E-state index contributed by atoms with van der Waals surface area (Å²) >= 11 is 0. The van der Waals surface area contributed by atoms with E-state index in [1.54, 1.807) is 0 Å². The third kappa shape index (κ3) is 3.32. The Morgan fingerprint density at radius 2 is 2.10 bits per heavy atom. The lowest BCUT2D eigenvalue weighted by Crippen LogP contribution is -2.36. The summed E-state index contributed by atoms with van der Waals surface area (Å²) in [6.07, 6.45) is 6.34. The molecule has 112 valence electrons. The van der Waals surface area contributed by atoms with Crippen LogP contribution in [0.15, 0.2) is 30.6 Å². The van der Waals surface area contributed by atoms with Gasteiger partial charge in [0, 0.05) is 25.0 Å². The van der Waals surface area contributed by atoms with Crippen molar-refractivity contribution in [2.45, 2.75) is 51.6 Å². The van der Waals surface area contributed by atoms with Gasteiger partial charge in [0.1, 0.15) is 12.2 Å². The zero-order chi connectivity index (χ0) is 14.7. The summed E-state index contributed by atoms with van der Waals surface area (Å²) in [5.74, 6) is 1.08. The number of benzene rings is 1. The summed E-state index contributed by atoms with van der Waals surface area (Å²) in [6, 6.07) is 9.83. The van der Waals surface area contributed by atoms with Gasteiger partial charge in [0.15, 0.2) is 0 Å². The molecule has 0 radical (unpaired) electrons. The van der Waals surface area contributed by atoms with Crippen LogP contribution in [0.1, 0.15) is 43.3 Å². The van der Waals surface area contributed by atoms with E-state index in [4.69, 9.17) is 0 Å². The Balaban J connectivity index is 1.52. The minimum atomic E-state index is 0.427. The Bertz CT molecular complexity index is 588. The zero-order valence-electron chi connectivity index (χ0n) is 12.9. The standard InChI is InChI=1S/C17H24N4/c1-13(2)21-12-19-20-17(21)9-10-18-16-8-7-14-5-3-4-6-15(14)11-16/h3-6,12-13,16,18H,7-11H2,1-2H3/t16-/m0/s1. The van der Waals surface area contributed by atoms with Crippen LogP contribution in [0.5, 0.6) is 0 Å². The van der Waals surface area contributed by atoms with E-state index in [2.05, 4.69) is 58.2 Å². The van der Waals surface area contributed by atoms with Gasteiger partial charge < -0.3 is 9.88 Å². The van der Waals surface area contributed by atoms with Crippen molar-refractivity contribution < 1.29 is 0 Å². The first-order chi connectivity index (χ1) is 10.2. The highest BCUT2D eigenvalue weighted by atomic mass is 15.3. The van der Waals surface area contributed by atoms with Gasteiger partial charge in [-0.3, -0.25) is 0 Å². The van der Waals surface area contributed by atoms with E-state index in [1.807, 2.05) is 6.33 Å². The lowest BCUT2D eigenvalue weighted by atomic mass is 9.88. The summed E-state index contributed by atoms with van der Waals surface area (Å²) in [7, 11) is 0. The van der Waals surface area contributed by atoms with Gasteiger partial charge in [-0.2, -0.15) is 0 Å². The third-order valence-corrected chi connectivity index (χ3v) is 4.33. The predicted octanol–water partition coefficient (Wildman–Crippen LogP) is 2.55. The van der Waals surface area contributed by atoms with E-state index in [9.17, 15) is 0 Å². The molecule has 0 fully saturated rings. The van der Waals surface area contributed by atoms with Gasteiger partial charge in [0.05, 0.1) is 0 Å². The molecule has 1 atom stereocenters. The number of hydrogen-bond acceptors (Lipinski definition) is 3. The maximum absolute atomic E-state index is 4.23. The van der Waals surface area contributed by atoms with E-state index >= 15 is 0 Å².